The zero-order chi connectivity index (χ0) is 20.4. The molecular weight excluding hydrogens is 356 g/mol. The van der Waals surface area contributed by atoms with E-state index in [-0.39, 0.29) is 11.8 Å². The lowest BCUT2D eigenvalue weighted by atomic mass is 10.0. The van der Waals surface area contributed by atoms with E-state index in [1.807, 2.05) is 44.3 Å². The molecule has 7 nitrogen and oxygen atoms in total. The lowest BCUT2D eigenvalue weighted by Crippen LogP contribution is -2.48. The number of nitrogens with one attached hydrogen (secondary N) is 3. The van der Waals surface area contributed by atoms with Gasteiger partial charge in [-0.05, 0) is 36.9 Å². The summed E-state index contributed by atoms with van der Waals surface area (Å²) in [5.74, 6) is 0.0220. The van der Waals surface area contributed by atoms with Crippen LogP contribution in [0.5, 0.6) is 0 Å². The second kappa shape index (κ2) is 11.3. The van der Waals surface area contributed by atoms with Crippen LogP contribution in [0.25, 0.3) is 10.9 Å². The van der Waals surface area contributed by atoms with Crippen LogP contribution in [-0.4, -0.2) is 42.7 Å². The lowest BCUT2D eigenvalue weighted by Gasteiger charge is -2.19. The van der Waals surface area contributed by atoms with Crippen molar-refractivity contribution in [2.24, 2.45) is 11.7 Å². The standard InChI is InChI=1S/C21H32N4O3/c1-15(2)14-28-21(27)25-19(20(26)23-11-7-3-6-10-22)12-16-13-24-18-9-5-4-8-17(16)18/h4-5,8-9,13,15,19,24H,3,6-7,10-12,14,22H2,1-2H3,(H,23,26)(H,25,27)/t19-/m0/s1. The van der Waals surface area contributed by atoms with E-state index >= 15 is 0 Å². The van der Waals surface area contributed by atoms with Crippen LogP contribution in [0.1, 0.15) is 38.7 Å². The van der Waals surface area contributed by atoms with Crippen molar-refractivity contribution < 1.29 is 14.3 Å². The summed E-state index contributed by atoms with van der Waals surface area (Å²) in [5.41, 5.74) is 7.47. The van der Waals surface area contributed by atoms with Crippen molar-refractivity contribution in [3.63, 3.8) is 0 Å². The van der Waals surface area contributed by atoms with E-state index in [1.165, 1.54) is 0 Å². The first-order chi connectivity index (χ1) is 13.5. The second-order valence-electron chi connectivity index (χ2n) is 7.39. The molecule has 1 atom stereocenters. The maximum atomic E-state index is 12.7. The summed E-state index contributed by atoms with van der Waals surface area (Å²) >= 11 is 0. The minimum atomic E-state index is -0.701. The average Bonchev–Trinajstić information content (AvgIpc) is 3.08. The molecule has 1 aromatic carbocycles. The van der Waals surface area contributed by atoms with Crippen molar-refractivity contribution in [1.29, 1.82) is 0 Å². The highest BCUT2D eigenvalue weighted by Gasteiger charge is 2.23. The molecule has 0 bridgehead atoms. The molecule has 0 fully saturated rings. The number of unbranched alkanes of at least 4 members (excludes halogenated alkanes) is 2. The van der Waals surface area contributed by atoms with Crippen LogP contribution in [0.3, 0.4) is 0 Å². The van der Waals surface area contributed by atoms with E-state index in [9.17, 15) is 9.59 Å². The number of alkyl carbamates (subject to hydrolysis) is 1. The number of aromatic nitrogens is 1. The van der Waals surface area contributed by atoms with Gasteiger partial charge in [0, 0.05) is 30.1 Å². The summed E-state index contributed by atoms with van der Waals surface area (Å²) < 4.78 is 5.20. The molecule has 0 unspecified atom stereocenters. The number of carbonyl (C=O) groups excluding carboxylic acids is 2. The second-order valence-corrected chi connectivity index (χ2v) is 7.39. The predicted octanol–water partition coefficient (Wildman–Crippen LogP) is 2.71. The number of para-hydroxylation sites is 1. The Balaban J connectivity index is 2.02. The van der Waals surface area contributed by atoms with Gasteiger partial charge < -0.3 is 26.1 Å². The fraction of sp³-hybridized carbons (Fsp3) is 0.524. The van der Waals surface area contributed by atoms with Gasteiger partial charge in [0.2, 0.25) is 5.91 Å². The number of aromatic amines is 1. The molecule has 28 heavy (non-hydrogen) atoms. The number of nitrogens with two attached hydrogens (primary N) is 1. The van der Waals surface area contributed by atoms with Crippen LogP contribution >= 0.6 is 0 Å². The average molecular weight is 389 g/mol. The Labute approximate surface area is 166 Å². The molecule has 5 N–H and O–H groups in total. The Hall–Kier alpha value is -2.54. The fourth-order valence-electron chi connectivity index (χ4n) is 2.94. The first-order valence-electron chi connectivity index (χ1n) is 9.97. The van der Waals surface area contributed by atoms with Crippen molar-refractivity contribution in [1.82, 2.24) is 15.6 Å². The van der Waals surface area contributed by atoms with Crippen molar-refractivity contribution in [2.45, 2.75) is 45.6 Å². The third kappa shape index (κ3) is 6.88. The summed E-state index contributed by atoms with van der Waals surface area (Å²) in [4.78, 5) is 28.0. The van der Waals surface area contributed by atoms with Crippen molar-refractivity contribution >= 4 is 22.9 Å². The highest BCUT2D eigenvalue weighted by atomic mass is 16.5. The van der Waals surface area contributed by atoms with Crippen molar-refractivity contribution in [2.75, 3.05) is 19.7 Å². The van der Waals surface area contributed by atoms with Gasteiger partial charge in [-0.1, -0.05) is 38.5 Å². The van der Waals surface area contributed by atoms with Crippen LogP contribution < -0.4 is 16.4 Å². The summed E-state index contributed by atoms with van der Waals surface area (Å²) in [7, 11) is 0. The van der Waals surface area contributed by atoms with Crippen molar-refractivity contribution in [3.05, 3.63) is 36.0 Å². The lowest BCUT2D eigenvalue weighted by molar-refractivity contribution is -0.123. The van der Waals surface area contributed by atoms with Crippen molar-refractivity contribution in [3.8, 4) is 0 Å². The zero-order valence-corrected chi connectivity index (χ0v) is 16.8. The van der Waals surface area contributed by atoms with Gasteiger partial charge in [-0.25, -0.2) is 4.79 Å². The molecule has 2 rings (SSSR count). The molecule has 0 radical (unpaired) electrons. The van der Waals surface area contributed by atoms with Gasteiger partial charge in [-0.15, -0.1) is 0 Å². The van der Waals surface area contributed by atoms with Gasteiger partial charge in [0.25, 0.3) is 0 Å². The van der Waals surface area contributed by atoms with Crippen LogP contribution in [-0.2, 0) is 16.0 Å². The SMILES string of the molecule is CC(C)COC(=O)N[C@@H](Cc1c[nH]c2ccccc12)C(=O)NCCCCCN. The van der Waals surface area contributed by atoms with E-state index in [1.54, 1.807) is 0 Å². The quantitative estimate of drug-likeness (QED) is 0.444. The molecule has 0 saturated heterocycles. The Morgan fingerprint density at radius 1 is 1.18 bits per heavy atom. The summed E-state index contributed by atoms with van der Waals surface area (Å²) in [6.45, 7) is 5.45. The van der Waals surface area contributed by atoms with Gasteiger partial charge in [0.15, 0.2) is 0 Å². The topological polar surface area (TPSA) is 109 Å². The Morgan fingerprint density at radius 3 is 2.71 bits per heavy atom. The number of hydrogen-bond acceptors (Lipinski definition) is 4. The molecule has 154 valence electrons. The molecule has 0 aliphatic rings. The predicted molar refractivity (Wildman–Crippen MR) is 111 cm³/mol. The fourth-order valence-corrected chi connectivity index (χ4v) is 2.94. The molecule has 0 saturated carbocycles. The van der Waals surface area contributed by atoms with Gasteiger partial charge in [0.1, 0.15) is 6.04 Å². The minimum absolute atomic E-state index is 0.209. The number of hydrogen-bond donors (Lipinski definition) is 4. The first kappa shape index (κ1) is 21.8. The number of ether oxygens (including phenoxy) is 1. The summed E-state index contributed by atoms with van der Waals surface area (Å²) in [6.07, 6.45) is 4.46. The molecule has 0 aliphatic carbocycles. The van der Waals surface area contributed by atoms with E-state index < -0.39 is 12.1 Å². The Kier molecular flexibility index (Phi) is 8.81. The molecule has 1 heterocycles. The number of benzene rings is 1. The number of fused-ring (bicyclic) bond motifs is 1. The minimum Gasteiger partial charge on any atom is -0.449 e. The maximum absolute atomic E-state index is 12.7. The Bertz CT molecular complexity index is 757. The molecule has 0 spiro atoms. The molecule has 0 aliphatic heterocycles. The Morgan fingerprint density at radius 2 is 1.96 bits per heavy atom. The monoisotopic (exact) mass is 388 g/mol. The van der Waals surface area contributed by atoms with E-state index in [0.717, 1.165) is 35.7 Å². The van der Waals surface area contributed by atoms with Gasteiger partial charge in [-0.3, -0.25) is 4.79 Å². The highest BCUT2D eigenvalue weighted by molar-refractivity contribution is 5.88. The molecule has 2 aromatic rings. The van der Waals surface area contributed by atoms with Crippen LogP contribution in [0, 0.1) is 5.92 Å². The molecule has 2 amide bonds. The molecule has 1 aromatic heterocycles. The normalized spacial score (nSPS) is 12.1. The number of rotatable bonds is 11. The van der Waals surface area contributed by atoms with E-state index in [4.69, 9.17) is 10.5 Å². The number of carbonyl (C=O) groups is 2. The number of H-pyrrole nitrogens is 1. The highest BCUT2D eigenvalue weighted by Crippen LogP contribution is 2.19. The van der Waals surface area contributed by atoms with Crippen LogP contribution in [0.4, 0.5) is 4.79 Å². The smallest absolute Gasteiger partial charge is 0.407 e. The number of amides is 2. The van der Waals surface area contributed by atoms with E-state index in [0.29, 0.717) is 26.1 Å². The summed E-state index contributed by atoms with van der Waals surface area (Å²) in [5, 5.41) is 6.67. The first-order valence-corrected chi connectivity index (χ1v) is 9.97. The summed E-state index contributed by atoms with van der Waals surface area (Å²) in [6, 6.07) is 7.19. The zero-order valence-electron chi connectivity index (χ0n) is 16.8. The third-order valence-electron chi connectivity index (χ3n) is 4.44. The largest absolute Gasteiger partial charge is 0.449 e. The molecule has 7 heteroatoms. The van der Waals surface area contributed by atoms with Crippen LogP contribution in [0.15, 0.2) is 30.5 Å². The maximum Gasteiger partial charge on any atom is 0.407 e. The van der Waals surface area contributed by atoms with Gasteiger partial charge in [-0.2, -0.15) is 0 Å². The van der Waals surface area contributed by atoms with Gasteiger partial charge in [0.05, 0.1) is 6.61 Å². The molecular formula is C21H32N4O3. The van der Waals surface area contributed by atoms with Crippen LogP contribution in [0.2, 0.25) is 0 Å². The van der Waals surface area contributed by atoms with E-state index in [2.05, 4.69) is 15.6 Å². The third-order valence-corrected chi connectivity index (χ3v) is 4.44. The van der Waals surface area contributed by atoms with Gasteiger partial charge >= 0.3 is 6.09 Å².